The molecule has 0 saturated carbocycles. The molecule has 3 nitrogen and oxygen atoms in total. The fraction of sp³-hybridized carbons (Fsp3) is 0.263. The van der Waals surface area contributed by atoms with Crippen LogP contribution in [0, 0.1) is 0 Å². The smallest absolute Gasteiger partial charge is 0.163 e. The second-order valence-electron chi connectivity index (χ2n) is 5.27. The molecule has 0 atom stereocenters. The zero-order valence-electron chi connectivity index (χ0n) is 14.0. The van der Waals surface area contributed by atoms with Gasteiger partial charge in [-0.3, -0.25) is 0 Å². The van der Waals surface area contributed by atoms with Gasteiger partial charge in [-0.2, -0.15) is 0 Å². The molecule has 0 aliphatic carbocycles. The fourth-order valence-electron chi connectivity index (χ4n) is 2.20. The average molecular weight is 401 g/mol. The summed E-state index contributed by atoms with van der Waals surface area (Å²) in [6.45, 7) is 7.74. The van der Waals surface area contributed by atoms with Gasteiger partial charge in [-0.15, -0.1) is 6.58 Å². The lowest BCUT2D eigenvalue weighted by Crippen LogP contribution is -2.13. The molecule has 0 bridgehead atoms. The maximum absolute atomic E-state index is 6.37. The van der Waals surface area contributed by atoms with E-state index in [0.717, 1.165) is 11.1 Å². The highest BCUT2D eigenvalue weighted by atomic mass is 35.5. The number of ether oxygens (including phenoxy) is 2. The summed E-state index contributed by atoms with van der Waals surface area (Å²) in [4.78, 5) is 0. The molecule has 25 heavy (non-hydrogen) atoms. The van der Waals surface area contributed by atoms with Gasteiger partial charge in [0.05, 0.1) is 6.61 Å². The Hall–Kier alpha value is -1.39. The van der Waals surface area contributed by atoms with E-state index in [4.69, 9.17) is 44.3 Å². The van der Waals surface area contributed by atoms with Gasteiger partial charge in [-0.25, -0.2) is 0 Å². The van der Waals surface area contributed by atoms with Crippen LogP contribution in [0.1, 0.15) is 18.1 Å². The van der Waals surface area contributed by atoms with Crippen LogP contribution >= 0.6 is 34.8 Å². The molecule has 0 radical (unpaired) electrons. The maximum atomic E-state index is 6.37. The summed E-state index contributed by atoms with van der Waals surface area (Å²) in [6.07, 6.45) is 1.80. The van der Waals surface area contributed by atoms with E-state index in [9.17, 15) is 0 Å². The third-order valence-corrected chi connectivity index (χ3v) is 4.35. The predicted octanol–water partition coefficient (Wildman–Crippen LogP) is 5.90. The minimum absolute atomic E-state index is 0.292. The van der Waals surface area contributed by atoms with Crippen LogP contribution in [0.25, 0.3) is 0 Å². The Labute approximate surface area is 163 Å². The Balaban J connectivity index is 2.17. The summed E-state index contributed by atoms with van der Waals surface area (Å²) in [5.41, 5.74) is 1.77. The Morgan fingerprint density at radius 3 is 2.40 bits per heavy atom. The third kappa shape index (κ3) is 5.82. The van der Waals surface area contributed by atoms with E-state index in [-0.39, 0.29) is 0 Å². The molecule has 1 N–H and O–H groups in total. The number of benzene rings is 2. The Morgan fingerprint density at radius 2 is 1.72 bits per heavy atom. The molecular weight excluding hydrogens is 381 g/mol. The number of hydrogen-bond donors (Lipinski definition) is 1. The van der Waals surface area contributed by atoms with Gasteiger partial charge in [0.15, 0.2) is 11.5 Å². The summed E-state index contributed by atoms with van der Waals surface area (Å²) in [5, 5.41) is 4.97. The molecule has 134 valence electrons. The second kappa shape index (κ2) is 9.93. The van der Waals surface area contributed by atoms with E-state index >= 15 is 0 Å². The van der Waals surface area contributed by atoms with E-state index in [1.807, 2.05) is 19.1 Å². The standard InChI is InChI=1S/C19H20Cl3NO2/c1-3-7-23-11-14-8-18(24-4-2)19(10-17(14)22)25-12-13-5-6-15(20)9-16(13)21/h3,5-6,8-10,23H,1,4,7,11-12H2,2H3. The number of rotatable bonds is 9. The van der Waals surface area contributed by atoms with Gasteiger partial charge >= 0.3 is 0 Å². The van der Waals surface area contributed by atoms with Crippen LogP contribution in [0.5, 0.6) is 11.5 Å². The third-order valence-electron chi connectivity index (χ3n) is 3.42. The van der Waals surface area contributed by atoms with Crippen molar-refractivity contribution in [3.63, 3.8) is 0 Å². The van der Waals surface area contributed by atoms with Crippen molar-refractivity contribution in [1.82, 2.24) is 5.32 Å². The Bertz CT molecular complexity index is 735. The van der Waals surface area contributed by atoms with E-state index in [1.54, 1.807) is 24.3 Å². The zero-order chi connectivity index (χ0) is 18.2. The van der Waals surface area contributed by atoms with Crippen molar-refractivity contribution in [3.05, 3.63) is 69.2 Å². The quantitative estimate of drug-likeness (QED) is 0.420. The normalized spacial score (nSPS) is 10.6. The first-order valence-electron chi connectivity index (χ1n) is 7.88. The van der Waals surface area contributed by atoms with Crippen LogP contribution < -0.4 is 14.8 Å². The highest BCUT2D eigenvalue weighted by molar-refractivity contribution is 6.35. The van der Waals surface area contributed by atoms with Crippen molar-refractivity contribution < 1.29 is 9.47 Å². The second-order valence-corrected chi connectivity index (χ2v) is 6.52. The first-order valence-corrected chi connectivity index (χ1v) is 9.02. The molecule has 0 fully saturated rings. The molecule has 0 aliphatic rings. The predicted molar refractivity (Wildman–Crippen MR) is 105 cm³/mol. The molecular formula is C19H20Cl3NO2. The molecule has 0 saturated heterocycles. The first kappa shape index (κ1) is 19.9. The van der Waals surface area contributed by atoms with Gasteiger partial charge in [0.2, 0.25) is 0 Å². The van der Waals surface area contributed by atoms with Crippen LogP contribution in [0.3, 0.4) is 0 Å². The van der Waals surface area contributed by atoms with Crippen molar-refractivity contribution in [1.29, 1.82) is 0 Å². The SMILES string of the molecule is C=CCNCc1cc(OCC)c(OCc2ccc(Cl)cc2Cl)cc1Cl. The monoisotopic (exact) mass is 399 g/mol. The summed E-state index contributed by atoms with van der Waals surface area (Å²) >= 11 is 18.5. The molecule has 0 amide bonds. The van der Waals surface area contributed by atoms with Gasteiger partial charge in [-0.05, 0) is 30.7 Å². The van der Waals surface area contributed by atoms with Crippen molar-refractivity contribution in [3.8, 4) is 11.5 Å². The van der Waals surface area contributed by atoms with Gasteiger partial charge in [0, 0.05) is 39.8 Å². The summed E-state index contributed by atoms with van der Waals surface area (Å²) in [7, 11) is 0. The van der Waals surface area contributed by atoms with Crippen molar-refractivity contribution >= 4 is 34.8 Å². The summed E-state index contributed by atoms with van der Waals surface area (Å²) < 4.78 is 11.6. The van der Waals surface area contributed by atoms with Crippen LogP contribution in [0.2, 0.25) is 15.1 Å². The fourth-order valence-corrected chi connectivity index (χ4v) is 2.88. The lowest BCUT2D eigenvalue weighted by atomic mass is 10.2. The average Bonchev–Trinajstić information content (AvgIpc) is 2.57. The van der Waals surface area contributed by atoms with E-state index in [2.05, 4.69) is 11.9 Å². The Kier molecular flexibility index (Phi) is 7.91. The first-order chi connectivity index (χ1) is 12.0. The van der Waals surface area contributed by atoms with E-state index in [1.165, 1.54) is 0 Å². The molecule has 2 aromatic carbocycles. The van der Waals surface area contributed by atoms with Crippen molar-refractivity contribution in [2.45, 2.75) is 20.1 Å². The largest absolute Gasteiger partial charge is 0.490 e. The topological polar surface area (TPSA) is 30.5 Å². The Morgan fingerprint density at radius 1 is 1.00 bits per heavy atom. The van der Waals surface area contributed by atoms with Crippen LogP contribution in [0.4, 0.5) is 0 Å². The van der Waals surface area contributed by atoms with E-state index < -0.39 is 0 Å². The molecule has 0 unspecified atom stereocenters. The zero-order valence-corrected chi connectivity index (χ0v) is 16.2. The summed E-state index contributed by atoms with van der Waals surface area (Å²) in [5.74, 6) is 1.22. The number of hydrogen-bond acceptors (Lipinski definition) is 3. The molecule has 0 aromatic heterocycles. The van der Waals surface area contributed by atoms with Crippen molar-refractivity contribution in [2.24, 2.45) is 0 Å². The lowest BCUT2D eigenvalue weighted by Gasteiger charge is -2.15. The maximum Gasteiger partial charge on any atom is 0.163 e. The van der Waals surface area contributed by atoms with Gasteiger partial charge in [-0.1, -0.05) is 46.9 Å². The molecule has 2 rings (SSSR count). The number of nitrogens with one attached hydrogen (secondary N) is 1. The van der Waals surface area contributed by atoms with Gasteiger partial charge in [0.1, 0.15) is 6.61 Å². The van der Waals surface area contributed by atoms with Crippen LogP contribution in [-0.2, 0) is 13.2 Å². The van der Waals surface area contributed by atoms with Gasteiger partial charge < -0.3 is 14.8 Å². The number of halogens is 3. The lowest BCUT2D eigenvalue weighted by molar-refractivity contribution is 0.269. The molecule has 0 spiro atoms. The summed E-state index contributed by atoms with van der Waals surface area (Å²) in [6, 6.07) is 8.95. The van der Waals surface area contributed by atoms with Crippen LogP contribution in [-0.4, -0.2) is 13.2 Å². The van der Waals surface area contributed by atoms with Crippen molar-refractivity contribution in [2.75, 3.05) is 13.2 Å². The molecule has 6 heteroatoms. The highest BCUT2D eigenvalue weighted by Crippen LogP contribution is 2.34. The van der Waals surface area contributed by atoms with E-state index in [0.29, 0.717) is 52.9 Å². The minimum atomic E-state index is 0.292. The molecule has 2 aromatic rings. The van der Waals surface area contributed by atoms with Gasteiger partial charge in [0.25, 0.3) is 0 Å². The molecule has 0 heterocycles. The minimum Gasteiger partial charge on any atom is -0.490 e. The molecule has 0 aliphatic heterocycles. The van der Waals surface area contributed by atoms with Crippen LogP contribution in [0.15, 0.2) is 43.0 Å². The highest BCUT2D eigenvalue weighted by Gasteiger charge is 2.12.